The minimum Gasteiger partial charge on any atom is -0.497 e. The minimum atomic E-state index is -0.581. The molecule has 0 amide bonds. The summed E-state index contributed by atoms with van der Waals surface area (Å²) < 4.78 is 10.3. The van der Waals surface area contributed by atoms with E-state index in [1.807, 2.05) is 61.5 Å². The van der Waals surface area contributed by atoms with Crippen LogP contribution in [0.4, 0.5) is 5.69 Å². The van der Waals surface area contributed by atoms with Crippen LogP contribution in [0.25, 0.3) is 0 Å². The van der Waals surface area contributed by atoms with Crippen LogP contribution < -0.4 is 10.1 Å². The summed E-state index contributed by atoms with van der Waals surface area (Å²) in [5, 5.41) is 7.20. The summed E-state index contributed by atoms with van der Waals surface area (Å²) in [6.07, 6.45) is 1.61. The number of ether oxygens (including phenoxy) is 2. The fourth-order valence-electron chi connectivity index (χ4n) is 2.41. The van der Waals surface area contributed by atoms with E-state index in [9.17, 15) is 4.79 Å². The zero-order valence-electron chi connectivity index (χ0n) is 15.9. The highest BCUT2D eigenvalue weighted by molar-refractivity contribution is 5.84. The van der Waals surface area contributed by atoms with E-state index in [1.165, 1.54) is 0 Å². The number of nitrogens with zero attached hydrogens (tertiary/aromatic N) is 1. The molecule has 2 aromatic carbocycles. The number of hydrogen-bond acceptors (Lipinski definition) is 6. The standard InChI is InChI=1S/C21H26N2O4/c1-4-26-21(24)20(23-18-10-12-19(25-3)13-11-18)16(2)14-22-27-15-17-8-6-5-7-9-17/h5-14,16,20,23H,4,15H2,1-3H3/b22-14+. The maximum atomic E-state index is 12.4. The Kier molecular flexibility index (Phi) is 8.16. The molecule has 0 aliphatic heterocycles. The number of rotatable bonds is 10. The van der Waals surface area contributed by atoms with Gasteiger partial charge in [0, 0.05) is 17.8 Å². The van der Waals surface area contributed by atoms with Gasteiger partial charge >= 0.3 is 5.97 Å². The summed E-state index contributed by atoms with van der Waals surface area (Å²) in [7, 11) is 1.61. The van der Waals surface area contributed by atoms with Gasteiger partial charge in [-0.25, -0.2) is 4.79 Å². The smallest absolute Gasteiger partial charge is 0.329 e. The van der Waals surface area contributed by atoms with Crippen LogP contribution >= 0.6 is 0 Å². The highest BCUT2D eigenvalue weighted by atomic mass is 16.6. The average molecular weight is 370 g/mol. The molecular formula is C21H26N2O4. The molecular weight excluding hydrogens is 344 g/mol. The molecule has 0 saturated carbocycles. The van der Waals surface area contributed by atoms with E-state index < -0.39 is 6.04 Å². The second-order valence-corrected chi connectivity index (χ2v) is 5.98. The van der Waals surface area contributed by atoms with Crippen molar-refractivity contribution in [2.45, 2.75) is 26.5 Å². The van der Waals surface area contributed by atoms with E-state index in [-0.39, 0.29) is 11.9 Å². The molecule has 2 aromatic rings. The van der Waals surface area contributed by atoms with Crippen molar-refractivity contribution in [1.29, 1.82) is 0 Å². The molecule has 6 heteroatoms. The molecule has 1 N–H and O–H groups in total. The quantitative estimate of drug-likeness (QED) is 0.390. The predicted octanol–water partition coefficient (Wildman–Crippen LogP) is 3.88. The van der Waals surface area contributed by atoms with Crippen LogP contribution in [-0.4, -0.2) is 31.9 Å². The molecule has 0 radical (unpaired) electrons. The van der Waals surface area contributed by atoms with Gasteiger partial charge in [-0.2, -0.15) is 0 Å². The lowest BCUT2D eigenvalue weighted by atomic mass is 10.0. The van der Waals surface area contributed by atoms with Crippen LogP contribution in [0, 0.1) is 5.92 Å². The normalized spacial score (nSPS) is 13.0. The number of anilines is 1. The Morgan fingerprint density at radius 3 is 2.48 bits per heavy atom. The predicted molar refractivity (Wildman–Crippen MR) is 106 cm³/mol. The first-order chi connectivity index (χ1) is 13.1. The summed E-state index contributed by atoms with van der Waals surface area (Å²) in [5.74, 6) is 0.175. The first-order valence-electron chi connectivity index (χ1n) is 8.90. The summed E-state index contributed by atoms with van der Waals surface area (Å²) in [6, 6.07) is 16.5. The number of benzene rings is 2. The molecule has 2 rings (SSSR count). The lowest BCUT2D eigenvalue weighted by Gasteiger charge is -2.21. The monoisotopic (exact) mass is 370 g/mol. The molecule has 6 nitrogen and oxygen atoms in total. The van der Waals surface area contributed by atoms with Crippen molar-refractivity contribution in [3.8, 4) is 5.75 Å². The van der Waals surface area contributed by atoms with E-state index in [1.54, 1.807) is 20.2 Å². The Morgan fingerprint density at radius 1 is 1.15 bits per heavy atom. The van der Waals surface area contributed by atoms with Crippen molar-refractivity contribution in [2.75, 3.05) is 19.0 Å². The number of carbonyl (C=O) groups is 1. The number of carbonyl (C=O) groups excluding carboxylic acids is 1. The third-order valence-electron chi connectivity index (χ3n) is 3.92. The van der Waals surface area contributed by atoms with E-state index in [0.29, 0.717) is 13.2 Å². The number of methoxy groups -OCH3 is 1. The molecule has 0 aromatic heterocycles. The fourth-order valence-corrected chi connectivity index (χ4v) is 2.41. The second kappa shape index (κ2) is 10.9. The van der Waals surface area contributed by atoms with Crippen molar-refractivity contribution >= 4 is 17.9 Å². The van der Waals surface area contributed by atoms with Gasteiger partial charge in [0.2, 0.25) is 0 Å². The van der Waals surface area contributed by atoms with Gasteiger partial charge in [-0.05, 0) is 36.8 Å². The third-order valence-corrected chi connectivity index (χ3v) is 3.92. The summed E-state index contributed by atoms with van der Waals surface area (Å²) >= 11 is 0. The van der Waals surface area contributed by atoms with E-state index in [2.05, 4.69) is 10.5 Å². The van der Waals surface area contributed by atoms with E-state index in [4.69, 9.17) is 14.3 Å². The summed E-state index contributed by atoms with van der Waals surface area (Å²) in [6.45, 7) is 4.35. The SMILES string of the molecule is CCOC(=O)C(Nc1ccc(OC)cc1)C(C)/C=N/OCc1ccccc1. The van der Waals surface area contributed by atoms with Gasteiger partial charge in [0.15, 0.2) is 0 Å². The number of oxime groups is 1. The molecule has 0 fully saturated rings. The molecule has 27 heavy (non-hydrogen) atoms. The Morgan fingerprint density at radius 2 is 1.85 bits per heavy atom. The van der Waals surface area contributed by atoms with Gasteiger partial charge in [-0.15, -0.1) is 0 Å². The van der Waals surface area contributed by atoms with Gasteiger partial charge in [0.1, 0.15) is 18.4 Å². The van der Waals surface area contributed by atoms with Crippen LogP contribution in [0.5, 0.6) is 5.75 Å². The molecule has 0 saturated heterocycles. The van der Waals surface area contributed by atoms with Gasteiger partial charge in [-0.1, -0.05) is 42.4 Å². The summed E-state index contributed by atoms with van der Waals surface area (Å²) in [5.41, 5.74) is 1.82. The minimum absolute atomic E-state index is 0.234. The number of hydrogen-bond donors (Lipinski definition) is 1. The zero-order valence-corrected chi connectivity index (χ0v) is 15.9. The number of nitrogens with one attached hydrogen (secondary N) is 1. The third kappa shape index (κ3) is 6.66. The van der Waals surface area contributed by atoms with Crippen LogP contribution in [-0.2, 0) is 21.0 Å². The van der Waals surface area contributed by atoms with Crippen molar-refractivity contribution in [1.82, 2.24) is 0 Å². The summed E-state index contributed by atoms with van der Waals surface area (Å²) in [4.78, 5) is 17.7. The zero-order chi connectivity index (χ0) is 19.5. The molecule has 0 heterocycles. The lowest BCUT2D eigenvalue weighted by Crippen LogP contribution is -2.38. The first kappa shape index (κ1) is 20.3. The molecule has 2 unspecified atom stereocenters. The Balaban J connectivity index is 1.98. The highest BCUT2D eigenvalue weighted by Gasteiger charge is 2.25. The van der Waals surface area contributed by atoms with E-state index in [0.717, 1.165) is 17.0 Å². The fraction of sp³-hybridized carbons (Fsp3) is 0.333. The average Bonchev–Trinajstić information content (AvgIpc) is 2.70. The molecule has 0 spiro atoms. The van der Waals surface area contributed by atoms with Gasteiger partial charge in [0.25, 0.3) is 0 Å². The molecule has 0 bridgehead atoms. The molecule has 0 aliphatic rings. The molecule has 144 valence electrons. The van der Waals surface area contributed by atoms with Crippen LogP contribution in [0.2, 0.25) is 0 Å². The van der Waals surface area contributed by atoms with Crippen LogP contribution in [0.15, 0.2) is 59.8 Å². The first-order valence-corrected chi connectivity index (χ1v) is 8.90. The molecule has 2 atom stereocenters. The van der Waals surface area contributed by atoms with Crippen molar-refractivity contribution in [3.63, 3.8) is 0 Å². The Labute approximate surface area is 160 Å². The van der Waals surface area contributed by atoms with Crippen molar-refractivity contribution < 1.29 is 19.1 Å². The van der Waals surface area contributed by atoms with Gasteiger partial charge in [-0.3, -0.25) is 0 Å². The maximum Gasteiger partial charge on any atom is 0.329 e. The lowest BCUT2D eigenvalue weighted by molar-refractivity contribution is -0.144. The van der Waals surface area contributed by atoms with Crippen LogP contribution in [0.3, 0.4) is 0 Å². The Hall–Kier alpha value is -3.02. The Bertz CT molecular complexity index is 717. The van der Waals surface area contributed by atoms with Gasteiger partial charge < -0.3 is 19.6 Å². The van der Waals surface area contributed by atoms with E-state index >= 15 is 0 Å². The van der Waals surface area contributed by atoms with Crippen molar-refractivity contribution in [2.24, 2.45) is 11.1 Å². The number of esters is 1. The maximum absolute atomic E-state index is 12.4. The highest BCUT2D eigenvalue weighted by Crippen LogP contribution is 2.18. The van der Waals surface area contributed by atoms with Gasteiger partial charge in [0.05, 0.1) is 13.7 Å². The van der Waals surface area contributed by atoms with Crippen LogP contribution in [0.1, 0.15) is 19.4 Å². The largest absolute Gasteiger partial charge is 0.497 e. The van der Waals surface area contributed by atoms with Crippen molar-refractivity contribution in [3.05, 3.63) is 60.2 Å². The molecule has 0 aliphatic carbocycles. The topological polar surface area (TPSA) is 69.2 Å². The second-order valence-electron chi connectivity index (χ2n) is 5.98.